The van der Waals surface area contributed by atoms with Crippen LogP contribution in [0.1, 0.15) is 13.3 Å². The molecule has 0 saturated heterocycles. The molecule has 0 spiro atoms. The van der Waals surface area contributed by atoms with Gasteiger partial charge in [0.2, 0.25) is 0 Å². The van der Waals surface area contributed by atoms with E-state index in [2.05, 4.69) is 5.16 Å². The van der Waals surface area contributed by atoms with Crippen molar-refractivity contribution in [1.29, 1.82) is 0 Å². The number of hydrogen-bond acceptors (Lipinski definition) is 5. The lowest BCUT2D eigenvalue weighted by atomic mass is 10.0. The second kappa shape index (κ2) is 7.17. The van der Waals surface area contributed by atoms with Gasteiger partial charge in [0.25, 0.3) is 0 Å². The number of aromatic nitrogens is 1. The number of carbonyl (C=O) groups excluding carboxylic acids is 1. The molecule has 0 atom stereocenters. The van der Waals surface area contributed by atoms with Gasteiger partial charge in [-0.25, -0.2) is 4.39 Å². The Labute approximate surface area is 144 Å². The van der Waals surface area contributed by atoms with Crippen molar-refractivity contribution in [3.63, 3.8) is 0 Å². The smallest absolute Gasteiger partial charge is 0.327 e. The Morgan fingerprint density at radius 2 is 1.92 bits per heavy atom. The van der Waals surface area contributed by atoms with Gasteiger partial charge in [-0.1, -0.05) is 42.4 Å². The summed E-state index contributed by atoms with van der Waals surface area (Å²) in [4.78, 5) is 11.7. The molecule has 1 heterocycles. The molecule has 0 bridgehead atoms. The first kappa shape index (κ1) is 16.7. The highest BCUT2D eigenvalue weighted by Gasteiger charge is 2.23. The third-order valence-electron chi connectivity index (χ3n) is 3.64. The molecule has 5 nitrogen and oxygen atoms in total. The van der Waals surface area contributed by atoms with Crippen LogP contribution in [0.3, 0.4) is 0 Å². The number of carbonyl (C=O) groups is 1. The number of nitrogens with zero attached hydrogens (tertiary/aromatic N) is 1. The summed E-state index contributed by atoms with van der Waals surface area (Å²) in [5.74, 6) is -0.842. The lowest BCUT2D eigenvalue weighted by Crippen LogP contribution is -2.05. The maximum atomic E-state index is 14.1. The second-order valence-electron chi connectivity index (χ2n) is 5.24. The number of hydrogen-bond donors (Lipinski definition) is 0. The highest BCUT2D eigenvalue weighted by atomic mass is 19.1. The van der Waals surface area contributed by atoms with Gasteiger partial charge in [-0.15, -0.1) is 0 Å². The fraction of sp³-hybridized carbons (Fsp3) is 0.158. The zero-order valence-corrected chi connectivity index (χ0v) is 13.8. The summed E-state index contributed by atoms with van der Waals surface area (Å²) in [5, 5.41) is 3.99. The number of benzene rings is 2. The van der Waals surface area contributed by atoms with Crippen LogP contribution in [0.2, 0.25) is 0 Å². The Bertz CT molecular complexity index is 890. The molecule has 0 saturated carbocycles. The summed E-state index contributed by atoms with van der Waals surface area (Å²) in [5.41, 5.74) is 2.10. The lowest BCUT2D eigenvalue weighted by molar-refractivity contribution is -0.135. The molecule has 0 aliphatic carbocycles. The molecule has 0 N–H and O–H groups in total. The molecule has 0 fully saturated rings. The first-order valence-corrected chi connectivity index (χ1v) is 7.73. The van der Waals surface area contributed by atoms with Crippen LogP contribution in [0, 0.1) is 5.82 Å². The van der Waals surface area contributed by atoms with Crippen LogP contribution in [-0.4, -0.2) is 18.2 Å². The number of ether oxygens (including phenoxy) is 2. The van der Waals surface area contributed by atoms with Gasteiger partial charge in [0.15, 0.2) is 11.6 Å². The summed E-state index contributed by atoms with van der Waals surface area (Å²) < 4.78 is 29.5. The lowest BCUT2D eigenvalue weighted by Gasteiger charge is -2.06. The maximum Gasteiger partial charge on any atom is 0.327 e. The molecular weight excluding hydrogens is 325 g/mol. The first-order valence-electron chi connectivity index (χ1n) is 7.73. The van der Waals surface area contributed by atoms with Crippen molar-refractivity contribution in [1.82, 2.24) is 5.16 Å². The summed E-state index contributed by atoms with van der Waals surface area (Å²) in [6, 6.07) is 13.7. The van der Waals surface area contributed by atoms with E-state index in [1.807, 2.05) is 30.3 Å². The Morgan fingerprint density at radius 1 is 1.16 bits per heavy atom. The molecule has 0 radical (unpaired) electrons. The zero-order valence-electron chi connectivity index (χ0n) is 13.8. The Hall–Kier alpha value is -3.15. The summed E-state index contributed by atoms with van der Waals surface area (Å²) in [6.07, 6.45) is 0.196. The van der Waals surface area contributed by atoms with E-state index >= 15 is 0 Å². The topological polar surface area (TPSA) is 61.6 Å². The molecule has 0 aliphatic heterocycles. The highest BCUT2D eigenvalue weighted by molar-refractivity contribution is 5.85. The van der Waals surface area contributed by atoms with Gasteiger partial charge in [-0.3, -0.25) is 4.79 Å². The summed E-state index contributed by atoms with van der Waals surface area (Å²) in [6.45, 7) is 1.68. The molecule has 0 aliphatic rings. The zero-order chi connectivity index (χ0) is 17.8. The van der Waals surface area contributed by atoms with Crippen molar-refractivity contribution in [2.24, 2.45) is 0 Å². The predicted molar refractivity (Wildman–Crippen MR) is 89.8 cm³/mol. The van der Waals surface area contributed by atoms with Crippen LogP contribution in [-0.2, 0) is 4.79 Å². The molecule has 3 aromatic rings. The molecule has 0 unspecified atom stereocenters. The minimum atomic E-state index is -0.519. The van der Waals surface area contributed by atoms with Crippen LogP contribution in [0.5, 0.6) is 11.7 Å². The van der Waals surface area contributed by atoms with E-state index in [4.69, 9.17) is 14.0 Å². The van der Waals surface area contributed by atoms with E-state index in [9.17, 15) is 9.18 Å². The molecule has 1 aromatic heterocycles. The number of rotatable bonds is 5. The van der Waals surface area contributed by atoms with Gasteiger partial charge in [0.1, 0.15) is 5.69 Å². The van der Waals surface area contributed by atoms with Crippen LogP contribution in [0.15, 0.2) is 53.1 Å². The van der Waals surface area contributed by atoms with Crippen molar-refractivity contribution in [3.05, 3.63) is 54.3 Å². The molecule has 25 heavy (non-hydrogen) atoms. The normalized spacial score (nSPS) is 10.5. The molecule has 128 valence electrons. The largest absolute Gasteiger partial charge is 0.494 e. The monoisotopic (exact) mass is 341 g/mol. The fourth-order valence-electron chi connectivity index (χ4n) is 2.39. The Balaban J connectivity index is 2.13. The summed E-state index contributed by atoms with van der Waals surface area (Å²) >= 11 is 0. The van der Waals surface area contributed by atoms with Crippen molar-refractivity contribution < 1.29 is 23.2 Å². The average molecular weight is 341 g/mol. The van der Waals surface area contributed by atoms with Gasteiger partial charge >= 0.3 is 11.9 Å². The quantitative estimate of drug-likeness (QED) is 0.641. The molecule has 3 rings (SSSR count). The third-order valence-corrected chi connectivity index (χ3v) is 3.64. The Morgan fingerprint density at radius 3 is 2.56 bits per heavy atom. The number of halogens is 1. The minimum absolute atomic E-state index is 0.00993. The Kier molecular flexibility index (Phi) is 4.79. The van der Waals surface area contributed by atoms with Gasteiger partial charge in [-0.05, 0) is 23.8 Å². The highest BCUT2D eigenvalue weighted by Crippen LogP contribution is 2.40. The van der Waals surface area contributed by atoms with E-state index in [1.54, 1.807) is 13.0 Å². The molecule has 0 amide bonds. The number of methoxy groups -OCH3 is 1. The second-order valence-corrected chi connectivity index (χ2v) is 5.24. The maximum absolute atomic E-state index is 14.1. The number of esters is 1. The standard InChI is InChI=1S/C19H16FNO4/c1-3-16(22)24-19-17(12-7-5-4-6-8-12)18(21-25-19)13-9-10-15(23-2)14(20)11-13/h4-11H,3H2,1-2H3. The van der Waals surface area contributed by atoms with Gasteiger partial charge < -0.3 is 14.0 Å². The average Bonchev–Trinajstić information content (AvgIpc) is 3.05. The van der Waals surface area contributed by atoms with Crippen LogP contribution in [0.4, 0.5) is 4.39 Å². The van der Waals surface area contributed by atoms with Gasteiger partial charge in [0.05, 0.1) is 12.7 Å². The van der Waals surface area contributed by atoms with E-state index in [-0.39, 0.29) is 18.1 Å². The van der Waals surface area contributed by atoms with E-state index in [1.165, 1.54) is 19.2 Å². The van der Waals surface area contributed by atoms with Crippen molar-refractivity contribution in [3.8, 4) is 34.1 Å². The van der Waals surface area contributed by atoms with Crippen molar-refractivity contribution in [2.75, 3.05) is 7.11 Å². The van der Waals surface area contributed by atoms with Gasteiger partial charge in [-0.2, -0.15) is 0 Å². The van der Waals surface area contributed by atoms with Gasteiger partial charge in [0, 0.05) is 12.0 Å². The van der Waals surface area contributed by atoms with Crippen molar-refractivity contribution >= 4 is 5.97 Å². The third kappa shape index (κ3) is 3.38. The van der Waals surface area contributed by atoms with Crippen LogP contribution >= 0.6 is 0 Å². The van der Waals surface area contributed by atoms with E-state index in [0.717, 1.165) is 5.56 Å². The molecular formula is C19H16FNO4. The molecule has 6 heteroatoms. The predicted octanol–water partition coefficient (Wildman–Crippen LogP) is 4.47. The minimum Gasteiger partial charge on any atom is -0.494 e. The van der Waals surface area contributed by atoms with Crippen molar-refractivity contribution in [2.45, 2.75) is 13.3 Å². The SMILES string of the molecule is CCC(=O)Oc1onc(-c2ccc(OC)c(F)c2)c1-c1ccccc1. The van der Waals surface area contributed by atoms with E-state index < -0.39 is 11.8 Å². The fourth-order valence-corrected chi connectivity index (χ4v) is 2.39. The summed E-state index contributed by atoms with van der Waals surface area (Å²) in [7, 11) is 1.39. The van der Waals surface area contributed by atoms with E-state index in [0.29, 0.717) is 16.8 Å². The van der Waals surface area contributed by atoms with Crippen LogP contribution < -0.4 is 9.47 Å². The first-order chi connectivity index (χ1) is 12.1. The molecule has 2 aromatic carbocycles. The van der Waals surface area contributed by atoms with Crippen LogP contribution in [0.25, 0.3) is 22.4 Å².